The molecule has 22 heavy (non-hydrogen) atoms. The van der Waals surface area contributed by atoms with Gasteiger partial charge < -0.3 is 4.74 Å². The van der Waals surface area contributed by atoms with Crippen molar-refractivity contribution in [3.63, 3.8) is 0 Å². The lowest BCUT2D eigenvalue weighted by atomic mass is 9.99. The first kappa shape index (κ1) is 14.3. The van der Waals surface area contributed by atoms with Crippen molar-refractivity contribution in [3.8, 4) is 28.0 Å². The summed E-state index contributed by atoms with van der Waals surface area (Å²) >= 11 is 0. The molecule has 0 fully saturated rings. The molecular weight excluding hydrogens is 275 g/mol. The van der Waals surface area contributed by atoms with Gasteiger partial charge in [-0.05, 0) is 41.3 Å². The van der Waals surface area contributed by atoms with E-state index in [4.69, 9.17) is 4.74 Å². The van der Waals surface area contributed by atoms with Crippen LogP contribution < -0.4 is 4.74 Å². The molecule has 0 heterocycles. The van der Waals surface area contributed by atoms with Gasteiger partial charge in [-0.15, -0.1) is 0 Å². The third-order valence-electron chi connectivity index (χ3n) is 3.75. The van der Waals surface area contributed by atoms with E-state index in [0.29, 0.717) is 0 Å². The Balaban J connectivity index is 1.91. The summed E-state index contributed by atoms with van der Waals surface area (Å²) in [5.41, 5.74) is 5.40. The fourth-order valence-electron chi connectivity index (χ4n) is 2.45. The monoisotopic (exact) mass is 292 g/mol. The summed E-state index contributed by atoms with van der Waals surface area (Å²) in [5.74, 6) is -0.0809. The molecule has 1 nitrogen and oxygen atoms in total. The van der Waals surface area contributed by atoms with E-state index in [1.165, 1.54) is 24.3 Å². The third-order valence-corrected chi connectivity index (χ3v) is 3.75. The number of benzene rings is 3. The molecule has 0 saturated carbocycles. The van der Waals surface area contributed by atoms with Gasteiger partial charge in [-0.1, -0.05) is 60.2 Å². The van der Waals surface area contributed by atoms with Crippen molar-refractivity contribution in [2.75, 3.05) is 7.11 Å². The Kier molecular flexibility index (Phi) is 3.92. The summed E-state index contributed by atoms with van der Waals surface area (Å²) in [7, 11) is 1.47. The molecule has 2 heteroatoms. The standard InChI is InChI=1S/C20H17FO/c1-14-3-5-15(6-4-14)16-7-9-17(10-8-16)18-11-12-20(22-2)19(21)13-18/h3-13H,1-2H3. The molecular formula is C20H17FO. The molecule has 110 valence electrons. The van der Waals surface area contributed by atoms with Crippen LogP contribution >= 0.6 is 0 Å². The zero-order valence-corrected chi connectivity index (χ0v) is 12.6. The van der Waals surface area contributed by atoms with Gasteiger partial charge in [-0.25, -0.2) is 4.39 Å². The number of methoxy groups -OCH3 is 1. The van der Waals surface area contributed by atoms with E-state index in [1.807, 2.05) is 18.2 Å². The second-order valence-corrected chi connectivity index (χ2v) is 5.29. The smallest absolute Gasteiger partial charge is 0.165 e. The van der Waals surface area contributed by atoms with Gasteiger partial charge in [0.2, 0.25) is 0 Å². The van der Waals surface area contributed by atoms with Gasteiger partial charge in [-0.2, -0.15) is 0 Å². The van der Waals surface area contributed by atoms with Gasteiger partial charge in [0.15, 0.2) is 11.6 Å². The highest BCUT2D eigenvalue weighted by atomic mass is 19.1. The van der Waals surface area contributed by atoms with Gasteiger partial charge >= 0.3 is 0 Å². The zero-order chi connectivity index (χ0) is 15.5. The Labute approximate surface area is 130 Å². The maximum atomic E-state index is 13.8. The van der Waals surface area contributed by atoms with Gasteiger partial charge in [-0.3, -0.25) is 0 Å². The quantitative estimate of drug-likeness (QED) is 0.621. The van der Waals surface area contributed by atoms with Crippen molar-refractivity contribution in [1.29, 1.82) is 0 Å². The van der Waals surface area contributed by atoms with E-state index in [1.54, 1.807) is 6.07 Å². The molecule has 0 bridgehead atoms. The molecule has 0 aliphatic carbocycles. The van der Waals surface area contributed by atoms with Crippen LogP contribution in [0.15, 0.2) is 66.7 Å². The summed E-state index contributed by atoms with van der Waals surface area (Å²) < 4.78 is 18.7. The second kappa shape index (κ2) is 6.02. The fourth-order valence-corrected chi connectivity index (χ4v) is 2.45. The van der Waals surface area contributed by atoms with Crippen LogP contribution in [0.5, 0.6) is 5.75 Å². The molecule has 0 atom stereocenters. The highest BCUT2D eigenvalue weighted by Crippen LogP contribution is 2.28. The number of ether oxygens (including phenoxy) is 1. The van der Waals surface area contributed by atoms with Gasteiger partial charge in [0, 0.05) is 0 Å². The van der Waals surface area contributed by atoms with Crippen LogP contribution in [0, 0.1) is 12.7 Å². The average Bonchev–Trinajstić information content (AvgIpc) is 2.56. The number of hydrogen-bond acceptors (Lipinski definition) is 1. The number of rotatable bonds is 3. The first-order chi connectivity index (χ1) is 10.7. The molecule has 3 aromatic carbocycles. The first-order valence-corrected chi connectivity index (χ1v) is 7.18. The Morgan fingerprint density at radius 2 is 1.14 bits per heavy atom. The SMILES string of the molecule is COc1ccc(-c2ccc(-c3ccc(C)cc3)cc2)cc1F. The maximum Gasteiger partial charge on any atom is 0.165 e. The lowest BCUT2D eigenvalue weighted by Gasteiger charge is -2.07. The Hall–Kier alpha value is -2.61. The minimum Gasteiger partial charge on any atom is -0.494 e. The molecule has 0 aromatic heterocycles. The topological polar surface area (TPSA) is 9.23 Å². The van der Waals surface area contributed by atoms with E-state index >= 15 is 0 Å². The molecule has 3 aromatic rings. The lowest BCUT2D eigenvalue weighted by Crippen LogP contribution is -1.88. The predicted octanol–water partition coefficient (Wildman–Crippen LogP) is 5.48. The van der Waals surface area contributed by atoms with Gasteiger partial charge in [0.05, 0.1) is 7.11 Å². The average molecular weight is 292 g/mol. The van der Waals surface area contributed by atoms with Gasteiger partial charge in [0.1, 0.15) is 0 Å². The van der Waals surface area contributed by atoms with Crippen LogP contribution in [0.4, 0.5) is 4.39 Å². The van der Waals surface area contributed by atoms with Crippen molar-refractivity contribution in [2.24, 2.45) is 0 Å². The zero-order valence-electron chi connectivity index (χ0n) is 12.6. The maximum absolute atomic E-state index is 13.8. The molecule has 0 amide bonds. The van der Waals surface area contributed by atoms with E-state index in [2.05, 4.69) is 43.3 Å². The minimum absolute atomic E-state index is 0.264. The van der Waals surface area contributed by atoms with Crippen LogP contribution in [-0.4, -0.2) is 7.11 Å². The fraction of sp³-hybridized carbons (Fsp3) is 0.100. The van der Waals surface area contributed by atoms with Crippen LogP contribution in [0.3, 0.4) is 0 Å². The number of hydrogen-bond donors (Lipinski definition) is 0. The van der Waals surface area contributed by atoms with Gasteiger partial charge in [0.25, 0.3) is 0 Å². The largest absolute Gasteiger partial charge is 0.494 e. The van der Waals surface area contributed by atoms with Crippen molar-refractivity contribution >= 4 is 0 Å². The third kappa shape index (κ3) is 2.86. The molecule has 3 rings (SSSR count). The summed E-state index contributed by atoms with van der Waals surface area (Å²) in [6.07, 6.45) is 0. The molecule has 0 spiro atoms. The first-order valence-electron chi connectivity index (χ1n) is 7.18. The summed E-state index contributed by atoms with van der Waals surface area (Å²) in [6, 6.07) is 21.6. The molecule has 0 radical (unpaired) electrons. The lowest BCUT2D eigenvalue weighted by molar-refractivity contribution is 0.386. The number of aryl methyl sites for hydroxylation is 1. The van der Waals surface area contributed by atoms with Crippen LogP contribution in [0.25, 0.3) is 22.3 Å². The van der Waals surface area contributed by atoms with Crippen molar-refractivity contribution < 1.29 is 9.13 Å². The van der Waals surface area contributed by atoms with E-state index in [-0.39, 0.29) is 11.6 Å². The molecule has 0 N–H and O–H groups in total. The number of halogens is 1. The van der Waals surface area contributed by atoms with Crippen LogP contribution in [-0.2, 0) is 0 Å². The van der Waals surface area contributed by atoms with E-state index in [0.717, 1.165) is 16.7 Å². The Morgan fingerprint density at radius 3 is 1.64 bits per heavy atom. The predicted molar refractivity (Wildman–Crippen MR) is 88.6 cm³/mol. The van der Waals surface area contributed by atoms with Crippen molar-refractivity contribution in [2.45, 2.75) is 6.92 Å². The van der Waals surface area contributed by atoms with Crippen molar-refractivity contribution in [3.05, 3.63) is 78.1 Å². The second-order valence-electron chi connectivity index (χ2n) is 5.29. The highest BCUT2D eigenvalue weighted by Gasteiger charge is 2.05. The van der Waals surface area contributed by atoms with E-state index in [9.17, 15) is 4.39 Å². The summed E-state index contributed by atoms with van der Waals surface area (Å²) in [4.78, 5) is 0. The van der Waals surface area contributed by atoms with E-state index < -0.39 is 0 Å². The highest BCUT2D eigenvalue weighted by molar-refractivity contribution is 5.70. The molecule has 0 saturated heterocycles. The molecule has 0 aliphatic heterocycles. The Morgan fingerprint density at radius 1 is 0.682 bits per heavy atom. The Bertz CT molecular complexity index is 774. The van der Waals surface area contributed by atoms with Crippen molar-refractivity contribution in [1.82, 2.24) is 0 Å². The van der Waals surface area contributed by atoms with Crippen LogP contribution in [0.2, 0.25) is 0 Å². The van der Waals surface area contributed by atoms with Crippen LogP contribution in [0.1, 0.15) is 5.56 Å². The summed E-state index contributed by atoms with van der Waals surface area (Å²) in [5, 5.41) is 0. The minimum atomic E-state index is -0.345. The molecule has 0 aliphatic rings. The molecule has 0 unspecified atom stereocenters. The summed E-state index contributed by atoms with van der Waals surface area (Å²) in [6.45, 7) is 2.07. The normalized spacial score (nSPS) is 10.5.